The summed E-state index contributed by atoms with van der Waals surface area (Å²) in [7, 11) is 0. The summed E-state index contributed by atoms with van der Waals surface area (Å²) in [5.41, 5.74) is 7.34. The second kappa shape index (κ2) is 8.69. The molecule has 1 aromatic carbocycles. The van der Waals surface area contributed by atoms with E-state index >= 15 is 0 Å². The Hall–Kier alpha value is -3.26. The lowest BCUT2D eigenvalue weighted by atomic mass is 9.97. The maximum atomic E-state index is 6.50. The van der Waals surface area contributed by atoms with E-state index in [9.17, 15) is 0 Å². The molecule has 1 aliphatic carbocycles. The van der Waals surface area contributed by atoms with E-state index in [0.717, 1.165) is 59.0 Å². The van der Waals surface area contributed by atoms with Crippen LogP contribution >= 0.6 is 11.6 Å². The maximum Gasteiger partial charge on any atom is 0.138 e. The molecule has 2 fully saturated rings. The first-order valence-electron chi connectivity index (χ1n) is 12.7. The number of H-pyrrole nitrogens is 1. The molecular weight excluding hydrogens is 470 g/mol. The van der Waals surface area contributed by atoms with Crippen LogP contribution in [-0.2, 0) is 0 Å². The number of nitrogens with one attached hydrogen (secondary N) is 3. The molecule has 0 spiro atoms. The van der Waals surface area contributed by atoms with Crippen molar-refractivity contribution in [1.82, 2.24) is 30.5 Å². The van der Waals surface area contributed by atoms with E-state index in [-0.39, 0.29) is 6.17 Å². The number of hydrogen-bond acceptors (Lipinski definition) is 6. The predicted molar refractivity (Wildman–Crippen MR) is 144 cm³/mol. The summed E-state index contributed by atoms with van der Waals surface area (Å²) in [6.45, 7) is 5.23. The van der Waals surface area contributed by atoms with Crippen molar-refractivity contribution >= 4 is 34.2 Å². The largest absolute Gasteiger partial charge is 0.350 e. The minimum atomic E-state index is 0.0494. The van der Waals surface area contributed by atoms with Crippen LogP contribution in [0, 0.1) is 0 Å². The van der Waals surface area contributed by atoms with E-state index in [1.165, 1.54) is 24.0 Å². The van der Waals surface area contributed by atoms with Crippen LogP contribution in [0.15, 0.2) is 60.0 Å². The first-order valence-corrected chi connectivity index (χ1v) is 13.1. The molecular formula is C28H28ClN7. The maximum absolute atomic E-state index is 6.50. The Morgan fingerprint density at radius 1 is 1.08 bits per heavy atom. The Morgan fingerprint density at radius 3 is 2.81 bits per heavy atom. The molecule has 4 aromatic rings. The van der Waals surface area contributed by atoms with E-state index in [2.05, 4.69) is 49.7 Å². The number of rotatable bonds is 4. The summed E-state index contributed by atoms with van der Waals surface area (Å²) in [6, 6.07) is 12.4. The van der Waals surface area contributed by atoms with Gasteiger partial charge in [-0.25, -0.2) is 9.98 Å². The Bertz CT molecular complexity index is 1490. The zero-order valence-corrected chi connectivity index (χ0v) is 20.9. The summed E-state index contributed by atoms with van der Waals surface area (Å²) in [4.78, 5) is 20.4. The van der Waals surface area contributed by atoms with Gasteiger partial charge in [0.05, 0.1) is 11.9 Å². The molecule has 3 aromatic heterocycles. The molecule has 0 amide bonds. The zero-order valence-electron chi connectivity index (χ0n) is 20.1. The zero-order chi connectivity index (χ0) is 24.2. The number of halogens is 1. The molecule has 36 heavy (non-hydrogen) atoms. The van der Waals surface area contributed by atoms with E-state index in [1.54, 1.807) is 0 Å². The molecule has 1 saturated heterocycles. The van der Waals surface area contributed by atoms with Gasteiger partial charge in [0.2, 0.25) is 0 Å². The fourth-order valence-corrected chi connectivity index (χ4v) is 5.86. The smallest absolute Gasteiger partial charge is 0.138 e. The molecule has 3 aliphatic rings. The molecule has 3 N–H and O–H groups in total. The normalized spacial score (nSPS) is 22.2. The average molecular weight is 498 g/mol. The van der Waals surface area contributed by atoms with Gasteiger partial charge in [0.25, 0.3) is 0 Å². The van der Waals surface area contributed by atoms with Crippen molar-refractivity contribution in [2.75, 3.05) is 19.6 Å². The Labute approximate surface area is 215 Å². The lowest BCUT2D eigenvalue weighted by molar-refractivity contribution is 0.106. The lowest BCUT2D eigenvalue weighted by Crippen LogP contribution is -2.55. The van der Waals surface area contributed by atoms with Gasteiger partial charge < -0.3 is 15.6 Å². The number of hydrogen-bond donors (Lipinski definition) is 3. The van der Waals surface area contributed by atoms with Crippen LogP contribution < -0.4 is 10.6 Å². The van der Waals surface area contributed by atoms with Crippen molar-refractivity contribution in [3.8, 4) is 11.3 Å². The van der Waals surface area contributed by atoms with Crippen LogP contribution in [0.5, 0.6) is 0 Å². The monoisotopic (exact) mass is 497 g/mol. The number of benzene rings is 1. The Balaban J connectivity index is 1.37. The van der Waals surface area contributed by atoms with Gasteiger partial charge in [-0.3, -0.25) is 9.88 Å². The van der Waals surface area contributed by atoms with Crippen LogP contribution in [0.2, 0.25) is 5.02 Å². The fraction of sp³-hybridized carbons (Fsp3) is 0.321. The number of aliphatic imine (C=N–C) groups is 1. The standard InChI is InChI=1S/C28H28ClN7/c1-16-13-30-10-11-36(16)28-25-21(17-6-7-17)14-31-15-24(25)34-27(35-28)18-8-9-32-26-20(18)12-23(33-26)19-4-2-3-5-22(19)29/h2-5,8-9,12,14-17,28,30H,6-7,10-11,13H2,1H3,(H,32,33)(H,34,35). The Morgan fingerprint density at radius 2 is 1.97 bits per heavy atom. The molecule has 7 nitrogen and oxygen atoms in total. The summed E-state index contributed by atoms with van der Waals surface area (Å²) < 4.78 is 0. The second-order valence-corrected chi connectivity index (χ2v) is 10.4. The number of aromatic amines is 1. The van der Waals surface area contributed by atoms with Crippen molar-refractivity contribution in [3.63, 3.8) is 0 Å². The van der Waals surface area contributed by atoms with Crippen LogP contribution in [-0.4, -0.2) is 51.4 Å². The quantitative estimate of drug-likeness (QED) is 0.364. The average Bonchev–Trinajstić information content (AvgIpc) is 3.66. The summed E-state index contributed by atoms with van der Waals surface area (Å²) in [5.74, 6) is 1.45. The highest BCUT2D eigenvalue weighted by Crippen LogP contribution is 2.47. The number of nitrogens with zero attached hydrogens (tertiary/aromatic N) is 4. The van der Waals surface area contributed by atoms with E-state index < -0.39 is 0 Å². The van der Waals surface area contributed by atoms with Crippen LogP contribution in [0.3, 0.4) is 0 Å². The molecule has 1 saturated carbocycles. The summed E-state index contributed by atoms with van der Waals surface area (Å²) in [6.07, 6.45) is 8.34. The van der Waals surface area contributed by atoms with Gasteiger partial charge in [0, 0.05) is 70.9 Å². The van der Waals surface area contributed by atoms with Gasteiger partial charge in [-0.15, -0.1) is 0 Å². The molecule has 7 rings (SSSR count). The molecule has 8 heteroatoms. The molecule has 5 heterocycles. The van der Waals surface area contributed by atoms with Crippen LogP contribution in [0.1, 0.15) is 48.5 Å². The topological polar surface area (TPSA) is 81.2 Å². The number of fused-ring (bicyclic) bond motifs is 2. The van der Waals surface area contributed by atoms with Gasteiger partial charge in [0.1, 0.15) is 17.6 Å². The van der Waals surface area contributed by atoms with Gasteiger partial charge in [0.15, 0.2) is 0 Å². The second-order valence-electron chi connectivity index (χ2n) is 10.0. The van der Waals surface area contributed by atoms with Crippen molar-refractivity contribution in [3.05, 3.63) is 76.7 Å². The fourth-order valence-electron chi connectivity index (χ4n) is 5.62. The van der Waals surface area contributed by atoms with Gasteiger partial charge in [-0.2, -0.15) is 0 Å². The number of aromatic nitrogens is 3. The van der Waals surface area contributed by atoms with Crippen molar-refractivity contribution < 1.29 is 0 Å². The van der Waals surface area contributed by atoms with Gasteiger partial charge in [-0.1, -0.05) is 29.8 Å². The third-order valence-electron chi connectivity index (χ3n) is 7.63. The molecule has 2 unspecified atom stereocenters. The highest BCUT2D eigenvalue weighted by atomic mass is 35.5. The first-order chi connectivity index (χ1) is 17.7. The lowest BCUT2D eigenvalue weighted by Gasteiger charge is -2.43. The Kier molecular flexibility index (Phi) is 5.31. The highest BCUT2D eigenvalue weighted by Gasteiger charge is 2.37. The van der Waals surface area contributed by atoms with Gasteiger partial charge in [-0.05, 0) is 49.4 Å². The third kappa shape index (κ3) is 3.70. The van der Waals surface area contributed by atoms with Gasteiger partial charge >= 0.3 is 0 Å². The van der Waals surface area contributed by atoms with Crippen molar-refractivity contribution in [2.24, 2.45) is 4.99 Å². The number of pyridine rings is 2. The molecule has 0 radical (unpaired) electrons. The molecule has 0 bridgehead atoms. The predicted octanol–water partition coefficient (Wildman–Crippen LogP) is 5.13. The minimum absolute atomic E-state index is 0.0494. The summed E-state index contributed by atoms with van der Waals surface area (Å²) >= 11 is 6.50. The highest BCUT2D eigenvalue weighted by molar-refractivity contribution is 6.33. The molecule has 182 valence electrons. The van der Waals surface area contributed by atoms with E-state index in [4.69, 9.17) is 16.6 Å². The van der Waals surface area contributed by atoms with Crippen LogP contribution in [0.25, 0.3) is 22.3 Å². The van der Waals surface area contributed by atoms with Crippen LogP contribution in [0.4, 0.5) is 5.69 Å². The number of piperazine rings is 1. The van der Waals surface area contributed by atoms with Crippen molar-refractivity contribution in [1.29, 1.82) is 0 Å². The molecule has 2 atom stereocenters. The van der Waals surface area contributed by atoms with E-state index in [1.807, 2.05) is 42.7 Å². The van der Waals surface area contributed by atoms with Crippen molar-refractivity contribution in [2.45, 2.75) is 37.9 Å². The third-order valence-corrected chi connectivity index (χ3v) is 7.96. The number of amidine groups is 1. The SMILES string of the molecule is CC1CNCCN1C1NC(c2ccnc3[nH]c(-c4ccccc4Cl)cc23)=Nc2cncc(C3CC3)c21. The van der Waals surface area contributed by atoms with E-state index in [0.29, 0.717) is 17.0 Å². The first kappa shape index (κ1) is 22.0. The molecule has 2 aliphatic heterocycles. The minimum Gasteiger partial charge on any atom is -0.350 e. The summed E-state index contributed by atoms with van der Waals surface area (Å²) in [5, 5.41) is 9.11.